The summed E-state index contributed by atoms with van der Waals surface area (Å²) in [6.07, 6.45) is 2.32. The van der Waals surface area contributed by atoms with Crippen molar-refractivity contribution in [1.82, 2.24) is 10.3 Å². The molecule has 1 aromatic heterocycles. The van der Waals surface area contributed by atoms with Gasteiger partial charge in [-0.2, -0.15) is 0 Å². The van der Waals surface area contributed by atoms with Crippen molar-refractivity contribution < 1.29 is 19.0 Å². The van der Waals surface area contributed by atoms with Gasteiger partial charge in [0.05, 0.1) is 31.6 Å². The maximum Gasteiger partial charge on any atom is 0.319 e. The van der Waals surface area contributed by atoms with Crippen LogP contribution in [0.25, 0.3) is 0 Å². The molecule has 7 nitrogen and oxygen atoms in total. The van der Waals surface area contributed by atoms with Crippen molar-refractivity contribution in [3.05, 3.63) is 48.2 Å². The number of amides is 2. The number of ether oxygens (including phenoxy) is 3. The fourth-order valence-corrected chi connectivity index (χ4v) is 2.35. The van der Waals surface area contributed by atoms with Gasteiger partial charge in [-0.3, -0.25) is 0 Å². The van der Waals surface area contributed by atoms with Crippen molar-refractivity contribution in [2.45, 2.75) is 19.4 Å². The van der Waals surface area contributed by atoms with E-state index in [9.17, 15) is 4.79 Å². The zero-order chi connectivity index (χ0) is 18.8. The van der Waals surface area contributed by atoms with Crippen LogP contribution in [0.1, 0.15) is 24.9 Å². The lowest BCUT2D eigenvalue weighted by atomic mass is 10.0. The lowest BCUT2D eigenvalue weighted by Crippen LogP contribution is -2.32. The molecule has 2 N–H and O–H groups in total. The van der Waals surface area contributed by atoms with Gasteiger partial charge in [0.15, 0.2) is 0 Å². The molecule has 0 saturated carbocycles. The van der Waals surface area contributed by atoms with Crippen LogP contribution in [0.4, 0.5) is 10.5 Å². The average molecular weight is 359 g/mol. The lowest BCUT2D eigenvalue weighted by Gasteiger charge is -2.18. The van der Waals surface area contributed by atoms with Gasteiger partial charge in [0.25, 0.3) is 0 Å². The minimum Gasteiger partial charge on any atom is -0.497 e. The smallest absolute Gasteiger partial charge is 0.319 e. The summed E-state index contributed by atoms with van der Waals surface area (Å²) in [5.74, 6) is 1.27. The molecular weight excluding hydrogens is 334 g/mol. The quantitative estimate of drug-likeness (QED) is 0.671. The first-order chi connectivity index (χ1) is 12.7. The Bertz CT molecular complexity index is 674. The standard InChI is InChI=1S/C19H25N3O4/c1-4-17(14-5-8-16(25-3)9-6-14)22-19(23)21-15-7-10-18(20-13-15)26-12-11-24-2/h5-10,13,17H,4,11-12H2,1-3H3,(H2,21,22,23). The number of hydrogen-bond acceptors (Lipinski definition) is 5. The highest BCUT2D eigenvalue weighted by molar-refractivity contribution is 5.89. The molecule has 26 heavy (non-hydrogen) atoms. The van der Waals surface area contributed by atoms with Crippen molar-refractivity contribution in [3.63, 3.8) is 0 Å². The van der Waals surface area contributed by atoms with Crippen LogP contribution in [-0.4, -0.2) is 38.4 Å². The normalized spacial score (nSPS) is 11.5. The second-order valence-corrected chi connectivity index (χ2v) is 5.56. The van der Waals surface area contributed by atoms with E-state index < -0.39 is 0 Å². The predicted molar refractivity (Wildman–Crippen MR) is 99.8 cm³/mol. The molecular formula is C19H25N3O4. The maximum atomic E-state index is 12.3. The number of rotatable bonds is 9. The number of anilines is 1. The van der Waals surface area contributed by atoms with Crippen LogP contribution >= 0.6 is 0 Å². The molecule has 0 fully saturated rings. The SMILES string of the molecule is CCC(NC(=O)Nc1ccc(OCCOC)nc1)c1ccc(OC)cc1. The first kappa shape index (κ1) is 19.5. The Morgan fingerprint density at radius 2 is 1.88 bits per heavy atom. The van der Waals surface area contributed by atoms with Gasteiger partial charge < -0.3 is 24.8 Å². The summed E-state index contributed by atoms with van der Waals surface area (Å²) in [7, 11) is 3.23. The van der Waals surface area contributed by atoms with E-state index in [0.29, 0.717) is 24.8 Å². The molecule has 2 aromatic rings. The van der Waals surface area contributed by atoms with Gasteiger partial charge in [-0.1, -0.05) is 19.1 Å². The number of methoxy groups -OCH3 is 2. The molecule has 2 amide bonds. The molecule has 0 aliphatic rings. The van der Waals surface area contributed by atoms with Crippen LogP contribution in [0.15, 0.2) is 42.6 Å². The Labute approximate surface area is 153 Å². The van der Waals surface area contributed by atoms with Gasteiger partial charge in [-0.25, -0.2) is 9.78 Å². The molecule has 1 unspecified atom stereocenters. The van der Waals surface area contributed by atoms with Crippen LogP contribution in [0.5, 0.6) is 11.6 Å². The summed E-state index contributed by atoms with van der Waals surface area (Å²) in [4.78, 5) is 16.4. The number of nitrogens with zero attached hydrogens (tertiary/aromatic N) is 1. The molecule has 1 atom stereocenters. The number of aromatic nitrogens is 1. The number of urea groups is 1. The van der Waals surface area contributed by atoms with E-state index in [1.165, 1.54) is 0 Å². The second-order valence-electron chi connectivity index (χ2n) is 5.56. The first-order valence-electron chi connectivity index (χ1n) is 8.45. The largest absolute Gasteiger partial charge is 0.497 e. The highest BCUT2D eigenvalue weighted by Crippen LogP contribution is 2.20. The van der Waals surface area contributed by atoms with Gasteiger partial charge in [-0.15, -0.1) is 0 Å². The van der Waals surface area contributed by atoms with E-state index >= 15 is 0 Å². The molecule has 0 bridgehead atoms. The van der Waals surface area contributed by atoms with Crippen LogP contribution in [0.3, 0.4) is 0 Å². The third-order valence-electron chi connectivity index (χ3n) is 3.76. The summed E-state index contributed by atoms with van der Waals surface area (Å²) in [5.41, 5.74) is 1.61. The Morgan fingerprint density at radius 3 is 2.46 bits per heavy atom. The summed E-state index contributed by atoms with van der Waals surface area (Å²) < 4.78 is 15.5. The zero-order valence-electron chi connectivity index (χ0n) is 15.3. The van der Waals surface area contributed by atoms with Crippen molar-refractivity contribution in [2.24, 2.45) is 0 Å². The first-order valence-corrected chi connectivity index (χ1v) is 8.45. The van der Waals surface area contributed by atoms with Crippen LogP contribution < -0.4 is 20.1 Å². The minimum atomic E-state index is -0.289. The highest BCUT2D eigenvalue weighted by Gasteiger charge is 2.13. The molecule has 0 spiro atoms. The molecule has 7 heteroatoms. The zero-order valence-corrected chi connectivity index (χ0v) is 15.3. The molecule has 2 rings (SSSR count). The minimum absolute atomic E-state index is 0.0921. The number of nitrogens with one attached hydrogen (secondary N) is 2. The topological polar surface area (TPSA) is 81.7 Å². The van der Waals surface area contributed by atoms with E-state index in [-0.39, 0.29) is 12.1 Å². The molecule has 1 aromatic carbocycles. The van der Waals surface area contributed by atoms with Crippen LogP contribution in [-0.2, 0) is 4.74 Å². The number of hydrogen-bond donors (Lipinski definition) is 2. The Kier molecular flexibility index (Phi) is 7.70. The molecule has 140 valence electrons. The summed E-state index contributed by atoms with van der Waals surface area (Å²) in [6, 6.07) is 10.7. The third kappa shape index (κ3) is 5.93. The van der Waals surface area contributed by atoms with Crippen molar-refractivity contribution in [3.8, 4) is 11.6 Å². The van der Waals surface area contributed by atoms with Crippen LogP contribution in [0.2, 0.25) is 0 Å². The van der Waals surface area contributed by atoms with Gasteiger partial charge in [-0.05, 0) is 30.2 Å². The van der Waals surface area contributed by atoms with Crippen molar-refractivity contribution >= 4 is 11.7 Å². The number of carbonyl (C=O) groups excluding carboxylic acids is 1. The number of carbonyl (C=O) groups is 1. The maximum absolute atomic E-state index is 12.3. The Hall–Kier alpha value is -2.80. The highest BCUT2D eigenvalue weighted by atomic mass is 16.5. The second kappa shape index (κ2) is 10.2. The predicted octanol–water partition coefficient (Wildman–Crippen LogP) is 3.39. The fraction of sp³-hybridized carbons (Fsp3) is 0.368. The van der Waals surface area contributed by atoms with Gasteiger partial charge >= 0.3 is 6.03 Å². The van der Waals surface area contributed by atoms with E-state index in [4.69, 9.17) is 14.2 Å². The summed E-state index contributed by atoms with van der Waals surface area (Å²) in [6.45, 7) is 2.94. The average Bonchev–Trinajstić information content (AvgIpc) is 2.68. The van der Waals surface area contributed by atoms with Crippen LogP contribution in [0, 0.1) is 0 Å². The number of pyridine rings is 1. The van der Waals surface area contributed by atoms with Gasteiger partial charge in [0.2, 0.25) is 5.88 Å². The van der Waals surface area contributed by atoms with E-state index in [2.05, 4.69) is 15.6 Å². The monoisotopic (exact) mass is 359 g/mol. The van der Waals surface area contributed by atoms with Crippen molar-refractivity contribution in [2.75, 3.05) is 32.8 Å². The van der Waals surface area contributed by atoms with E-state index in [1.807, 2.05) is 31.2 Å². The fourth-order valence-electron chi connectivity index (χ4n) is 2.35. The van der Waals surface area contributed by atoms with E-state index in [1.54, 1.807) is 32.5 Å². The Balaban J connectivity index is 1.89. The summed E-state index contributed by atoms with van der Waals surface area (Å²) in [5, 5.41) is 5.74. The molecule has 0 aliphatic heterocycles. The Morgan fingerprint density at radius 1 is 1.12 bits per heavy atom. The van der Waals surface area contributed by atoms with Gasteiger partial charge in [0, 0.05) is 13.2 Å². The third-order valence-corrected chi connectivity index (χ3v) is 3.76. The summed E-state index contributed by atoms with van der Waals surface area (Å²) >= 11 is 0. The van der Waals surface area contributed by atoms with Gasteiger partial charge in [0.1, 0.15) is 12.4 Å². The van der Waals surface area contributed by atoms with E-state index in [0.717, 1.165) is 17.7 Å². The molecule has 0 radical (unpaired) electrons. The molecule has 0 saturated heterocycles. The molecule has 0 aliphatic carbocycles. The molecule has 1 heterocycles. The number of benzene rings is 1. The van der Waals surface area contributed by atoms with Crippen molar-refractivity contribution in [1.29, 1.82) is 0 Å². The lowest BCUT2D eigenvalue weighted by molar-refractivity contribution is 0.144.